The highest BCUT2D eigenvalue weighted by Gasteiger charge is 2.20. The molecule has 0 saturated heterocycles. The first-order chi connectivity index (χ1) is 10.0. The van der Waals surface area contributed by atoms with Crippen LogP contribution in [0, 0.1) is 0 Å². The summed E-state index contributed by atoms with van der Waals surface area (Å²) in [5.74, 6) is 6.52. The summed E-state index contributed by atoms with van der Waals surface area (Å²) in [6.45, 7) is 3.96. The zero-order chi connectivity index (χ0) is 15.4. The fraction of sp³-hybridized carbons (Fsp3) is 0.250. The maximum atomic E-state index is 6.28. The van der Waals surface area contributed by atoms with Crippen molar-refractivity contribution in [3.8, 4) is 5.75 Å². The van der Waals surface area contributed by atoms with E-state index in [1.165, 1.54) is 0 Å². The molecule has 0 aliphatic rings. The Morgan fingerprint density at radius 1 is 1.05 bits per heavy atom. The standard InChI is InChI=1S/C16H18Cl2N2O/c1-10(2)21-15-6-4-3-5-12(15)16(20-19)13-9-11(17)7-8-14(13)18/h3-10,16,20H,19H2,1-2H3. The molecule has 0 saturated carbocycles. The number of halogens is 2. The van der Waals surface area contributed by atoms with Crippen LogP contribution in [0.2, 0.25) is 10.0 Å². The Morgan fingerprint density at radius 2 is 1.76 bits per heavy atom. The zero-order valence-corrected chi connectivity index (χ0v) is 13.4. The van der Waals surface area contributed by atoms with Gasteiger partial charge in [0.2, 0.25) is 0 Å². The summed E-state index contributed by atoms with van der Waals surface area (Å²) in [5.41, 5.74) is 4.52. The fourth-order valence-corrected chi connectivity index (χ4v) is 2.57. The number of nitrogens with one attached hydrogen (secondary N) is 1. The van der Waals surface area contributed by atoms with Crippen LogP contribution in [0.25, 0.3) is 0 Å². The minimum atomic E-state index is -0.300. The largest absolute Gasteiger partial charge is 0.491 e. The van der Waals surface area contributed by atoms with Crippen molar-refractivity contribution in [3.05, 3.63) is 63.6 Å². The first kappa shape index (κ1) is 16.1. The van der Waals surface area contributed by atoms with Crippen LogP contribution in [0.1, 0.15) is 31.0 Å². The van der Waals surface area contributed by atoms with Gasteiger partial charge in [-0.15, -0.1) is 0 Å². The third-order valence-electron chi connectivity index (χ3n) is 3.03. The van der Waals surface area contributed by atoms with Crippen LogP contribution in [-0.4, -0.2) is 6.10 Å². The smallest absolute Gasteiger partial charge is 0.124 e. The average molecular weight is 325 g/mol. The topological polar surface area (TPSA) is 47.3 Å². The van der Waals surface area contributed by atoms with Crippen molar-refractivity contribution >= 4 is 23.2 Å². The lowest BCUT2D eigenvalue weighted by atomic mass is 9.98. The summed E-state index contributed by atoms with van der Waals surface area (Å²) in [6.07, 6.45) is 0.0689. The molecular formula is C16H18Cl2N2O. The van der Waals surface area contributed by atoms with Crippen LogP contribution in [0.3, 0.4) is 0 Å². The Balaban J connectivity index is 2.49. The monoisotopic (exact) mass is 324 g/mol. The molecule has 112 valence electrons. The van der Waals surface area contributed by atoms with Crippen LogP contribution in [-0.2, 0) is 0 Å². The predicted molar refractivity (Wildman–Crippen MR) is 87.8 cm³/mol. The van der Waals surface area contributed by atoms with E-state index in [1.807, 2.05) is 38.1 Å². The molecule has 21 heavy (non-hydrogen) atoms. The number of benzene rings is 2. The summed E-state index contributed by atoms with van der Waals surface area (Å²) in [6, 6.07) is 12.7. The second kappa shape index (κ2) is 7.14. The molecule has 0 spiro atoms. The second-order valence-electron chi connectivity index (χ2n) is 4.97. The molecule has 0 fully saturated rings. The Bertz CT molecular complexity index is 617. The van der Waals surface area contributed by atoms with E-state index in [2.05, 4.69) is 5.43 Å². The van der Waals surface area contributed by atoms with Gasteiger partial charge in [0.1, 0.15) is 5.75 Å². The van der Waals surface area contributed by atoms with Crippen LogP contribution in [0.15, 0.2) is 42.5 Å². The number of hydrogen-bond acceptors (Lipinski definition) is 3. The van der Waals surface area contributed by atoms with Gasteiger partial charge < -0.3 is 4.74 Å². The highest BCUT2D eigenvalue weighted by molar-refractivity contribution is 6.33. The minimum absolute atomic E-state index is 0.0689. The molecule has 0 aromatic heterocycles. The average Bonchev–Trinajstić information content (AvgIpc) is 2.44. The van der Waals surface area contributed by atoms with E-state index in [1.54, 1.807) is 18.2 Å². The predicted octanol–water partition coefficient (Wildman–Crippen LogP) is 4.33. The Hall–Kier alpha value is -1.26. The third-order valence-corrected chi connectivity index (χ3v) is 3.61. The van der Waals surface area contributed by atoms with Crippen molar-refractivity contribution in [1.82, 2.24) is 5.43 Å². The van der Waals surface area contributed by atoms with Gasteiger partial charge >= 0.3 is 0 Å². The SMILES string of the molecule is CC(C)Oc1ccccc1C(NN)c1cc(Cl)ccc1Cl. The molecule has 2 rings (SSSR count). The summed E-state index contributed by atoms with van der Waals surface area (Å²) in [7, 11) is 0. The fourth-order valence-electron chi connectivity index (χ4n) is 2.16. The molecule has 0 bridgehead atoms. The molecule has 2 aromatic carbocycles. The third kappa shape index (κ3) is 3.89. The van der Waals surface area contributed by atoms with Gasteiger partial charge in [-0.3, -0.25) is 5.84 Å². The van der Waals surface area contributed by atoms with E-state index in [-0.39, 0.29) is 12.1 Å². The molecule has 0 amide bonds. The molecule has 0 aliphatic carbocycles. The van der Waals surface area contributed by atoms with Gasteiger partial charge in [-0.1, -0.05) is 41.4 Å². The van der Waals surface area contributed by atoms with Gasteiger partial charge in [0, 0.05) is 15.6 Å². The van der Waals surface area contributed by atoms with E-state index in [4.69, 9.17) is 33.8 Å². The summed E-state index contributed by atoms with van der Waals surface area (Å²) < 4.78 is 5.85. The van der Waals surface area contributed by atoms with Gasteiger partial charge in [-0.2, -0.15) is 0 Å². The zero-order valence-electron chi connectivity index (χ0n) is 11.9. The van der Waals surface area contributed by atoms with Gasteiger partial charge in [-0.05, 0) is 43.7 Å². The summed E-state index contributed by atoms with van der Waals surface area (Å²) in [4.78, 5) is 0. The van der Waals surface area contributed by atoms with E-state index < -0.39 is 0 Å². The Morgan fingerprint density at radius 3 is 2.43 bits per heavy atom. The quantitative estimate of drug-likeness (QED) is 0.635. The molecule has 0 aliphatic heterocycles. The number of ether oxygens (including phenoxy) is 1. The molecule has 3 nitrogen and oxygen atoms in total. The van der Waals surface area contributed by atoms with Gasteiger partial charge in [0.25, 0.3) is 0 Å². The normalized spacial score (nSPS) is 12.5. The summed E-state index contributed by atoms with van der Waals surface area (Å²) in [5, 5.41) is 1.21. The number of hydrazine groups is 1. The molecule has 1 atom stereocenters. The van der Waals surface area contributed by atoms with Crippen molar-refractivity contribution < 1.29 is 4.74 Å². The Labute approximate surface area is 135 Å². The van der Waals surface area contributed by atoms with Crippen molar-refractivity contribution in [2.24, 2.45) is 5.84 Å². The number of hydrogen-bond donors (Lipinski definition) is 2. The molecular weight excluding hydrogens is 307 g/mol. The van der Waals surface area contributed by atoms with Crippen molar-refractivity contribution in [1.29, 1.82) is 0 Å². The highest BCUT2D eigenvalue weighted by atomic mass is 35.5. The van der Waals surface area contributed by atoms with Gasteiger partial charge in [-0.25, -0.2) is 5.43 Å². The van der Waals surface area contributed by atoms with E-state index in [0.29, 0.717) is 10.0 Å². The lowest BCUT2D eigenvalue weighted by Gasteiger charge is -2.22. The first-order valence-corrected chi connectivity index (χ1v) is 7.45. The van der Waals surface area contributed by atoms with Crippen molar-refractivity contribution in [3.63, 3.8) is 0 Å². The van der Waals surface area contributed by atoms with Crippen LogP contribution >= 0.6 is 23.2 Å². The van der Waals surface area contributed by atoms with Crippen molar-refractivity contribution in [2.75, 3.05) is 0 Å². The molecule has 5 heteroatoms. The molecule has 3 N–H and O–H groups in total. The van der Waals surface area contributed by atoms with E-state index in [0.717, 1.165) is 16.9 Å². The number of rotatable bonds is 5. The van der Waals surface area contributed by atoms with Crippen LogP contribution < -0.4 is 16.0 Å². The lowest BCUT2D eigenvalue weighted by molar-refractivity contribution is 0.238. The maximum absolute atomic E-state index is 6.28. The Kier molecular flexibility index (Phi) is 5.48. The molecule has 1 unspecified atom stereocenters. The highest BCUT2D eigenvalue weighted by Crippen LogP contribution is 2.34. The first-order valence-electron chi connectivity index (χ1n) is 6.69. The molecule has 0 heterocycles. The van der Waals surface area contributed by atoms with Gasteiger partial charge in [0.15, 0.2) is 0 Å². The van der Waals surface area contributed by atoms with E-state index in [9.17, 15) is 0 Å². The summed E-state index contributed by atoms with van der Waals surface area (Å²) >= 11 is 12.4. The molecule has 0 radical (unpaired) electrons. The lowest BCUT2D eigenvalue weighted by Crippen LogP contribution is -2.29. The number of nitrogens with two attached hydrogens (primary N) is 1. The minimum Gasteiger partial charge on any atom is -0.491 e. The maximum Gasteiger partial charge on any atom is 0.124 e. The second-order valence-corrected chi connectivity index (χ2v) is 5.81. The van der Waals surface area contributed by atoms with Crippen LogP contribution in [0.5, 0.6) is 5.75 Å². The van der Waals surface area contributed by atoms with Gasteiger partial charge in [0.05, 0.1) is 12.1 Å². The van der Waals surface area contributed by atoms with Crippen molar-refractivity contribution in [2.45, 2.75) is 26.0 Å². The molecule has 2 aromatic rings. The van der Waals surface area contributed by atoms with E-state index >= 15 is 0 Å². The van der Waals surface area contributed by atoms with Crippen LogP contribution in [0.4, 0.5) is 0 Å². The number of para-hydroxylation sites is 1.